The average Bonchev–Trinajstić information content (AvgIpc) is 2.38. The van der Waals surface area contributed by atoms with E-state index in [2.05, 4.69) is 12.2 Å². The molecule has 0 aromatic rings. The first-order valence-corrected chi connectivity index (χ1v) is 8.44. The molecule has 0 radical (unpaired) electrons. The summed E-state index contributed by atoms with van der Waals surface area (Å²) in [7, 11) is -3.03. The number of sulfone groups is 1. The van der Waals surface area contributed by atoms with E-state index < -0.39 is 15.9 Å². The lowest BCUT2D eigenvalue weighted by Crippen LogP contribution is -2.47. The summed E-state index contributed by atoms with van der Waals surface area (Å²) in [5.74, 6) is 0.594. The first-order valence-electron chi connectivity index (χ1n) is 6.62. The van der Waals surface area contributed by atoms with Gasteiger partial charge in [0.15, 0.2) is 9.84 Å². The maximum absolute atomic E-state index is 11.4. The highest BCUT2D eigenvalue weighted by atomic mass is 32.2. The summed E-state index contributed by atoms with van der Waals surface area (Å²) < 4.78 is 22.9. The second kappa shape index (κ2) is 5.24. The van der Waals surface area contributed by atoms with E-state index in [1.807, 2.05) is 0 Å². The maximum Gasteiger partial charge on any atom is 0.154 e. The average molecular weight is 261 g/mol. The Bertz CT molecular complexity index is 355. The van der Waals surface area contributed by atoms with E-state index in [1.54, 1.807) is 0 Å². The molecule has 2 fully saturated rings. The van der Waals surface area contributed by atoms with Crippen molar-refractivity contribution in [1.29, 1.82) is 0 Å². The Hall–Kier alpha value is -0.130. The van der Waals surface area contributed by atoms with Crippen LogP contribution in [0.2, 0.25) is 0 Å². The Balaban J connectivity index is 1.95. The van der Waals surface area contributed by atoms with Gasteiger partial charge in [0.1, 0.15) is 0 Å². The molecule has 4 nitrogen and oxygen atoms in total. The molecule has 0 aromatic heterocycles. The molecule has 1 saturated heterocycles. The molecule has 1 aliphatic heterocycles. The predicted molar refractivity (Wildman–Crippen MR) is 67.6 cm³/mol. The van der Waals surface area contributed by atoms with E-state index >= 15 is 0 Å². The molecule has 17 heavy (non-hydrogen) atoms. The fraction of sp³-hybridized carbons (Fsp3) is 1.00. The van der Waals surface area contributed by atoms with Gasteiger partial charge in [-0.25, -0.2) is 8.42 Å². The van der Waals surface area contributed by atoms with Crippen LogP contribution >= 0.6 is 0 Å². The van der Waals surface area contributed by atoms with Gasteiger partial charge in [0.25, 0.3) is 0 Å². The second-order valence-corrected chi connectivity index (χ2v) is 7.79. The quantitative estimate of drug-likeness (QED) is 0.718. The van der Waals surface area contributed by atoms with Crippen LogP contribution in [0.3, 0.4) is 0 Å². The minimum absolute atomic E-state index is 0.0776. The summed E-state index contributed by atoms with van der Waals surface area (Å²) in [6.07, 6.45) is 5.32. The molecule has 1 aliphatic carbocycles. The molecule has 5 heteroatoms. The van der Waals surface area contributed by atoms with Crippen LogP contribution in [-0.2, 0) is 9.84 Å². The van der Waals surface area contributed by atoms with Gasteiger partial charge in [0, 0.05) is 12.1 Å². The van der Waals surface area contributed by atoms with E-state index in [-0.39, 0.29) is 17.5 Å². The van der Waals surface area contributed by atoms with E-state index in [9.17, 15) is 13.5 Å². The molecule has 1 heterocycles. The van der Waals surface area contributed by atoms with Crippen molar-refractivity contribution in [2.75, 3.05) is 11.5 Å². The van der Waals surface area contributed by atoms with Crippen LogP contribution in [0.25, 0.3) is 0 Å². The molecule has 1 saturated carbocycles. The standard InChI is InChI=1S/C12H23NO3S/c1-9-5-3-2-4-6-10(9)13-11-7-17(15,16)8-12(11)14/h9-14H,2-8H2,1H3. The first-order chi connectivity index (χ1) is 7.98. The normalized spacial score (nSPS) is 42.2. The highest BCUT2D eigenvalue weighted by Crippen LogP contribution is 2.24. The van der Waals surface area contributed by atoms with Crippen LogP contribution < -0.4 is 5.32 Å². The summed E-state index contributed by atoms with van der Waals surface area (Å²) in [5, 5.41) is 13.2. The van der Waals surface area contributed by atoms with Crippen molar-refractivity contribution in [2.45, 2.75) is 57.2 Å². The molecule has 4 atom stereocenters. The number of rotatable bonds is 2. The van der Waals surface area contributed by atoms with Gasteiger partial charge in [0.05, 0.1) is 17.6 Å². The molecule has 0 bridgehead atoms. The first kappa shape index (κ1) is 13.3. The third-order valence-electron chi connectivity index (χ3n) is 4.11. The largest absolute Gasteiger partial charge is 0.390 e. The molecular formula is C12H23NO3S. The lowest BCUT2D eigenvalue weighted by Gasteiger charge is -2.27. The second-order valence-electron chi connectivity index (χ2n) is 5.64. The van der Waals surface area contributed by atoms with E-state index in [1.165, 1.54) is 25.7 Å². The number of aliphatic hydroxyl groups is 1. The van der Waals surface area contributed by atoms with Gasteiger partial charge in [-0.2, -0.15) is 0 Å². The third kappa shape index (κ3) is 3.42. The van der Waals surface area contributed by atoms with Crippen molar-refractivity contribution in [1.82, 2.24) is 5.32 Å². The third-order valence-corrected chi connectivity index (χ3v) is 5.83. The van der Waals surface area contributed by atoms with Crippen molar-refractivity contribution >= 4 is 9.84 Å². The lowest BCUT2D eigenvalue weighted by atomic mass is 9.96. The monoisotopic (exact) mass is 261 g/mol. The maximum atomic E-state index is 11.4. The summed E-state index contributed by atoms with van der Waals surface area (Å²) >= 11 is 0. The van der Waals surface area contributed by atoms with Gasteiger partial charge in [0.2, 0.25) is 0 Å². The molecule has 0 aromatic carbocycles. The zero-order valence-electron chi connectivity index (χ0n) is 10.4. The summed E-state index contributed by atoms with van der Waals surface area (Å²) in [5.41, 5.74) is 0. The van der Waals surface area contributed by atoms with Crippen LogP contribution in [0.5, 0.6) is 0 Å². The molecule has 2 aliphatic rings. The zero-order chi connectivity index (χ0) is 12.5. The Morgan fingerprint density at radius 1 is 1.06 bits per heavy atom. The topological polar surface area (TPSA) is 66.4 Å². The molecule has 2 N–H and O–H groups in total. The SMILES string of the molecule is CC1CCCCCC1NC1CS(=O)(=O)CC1O. The van der Waals surface area contributed by atoms with Gasteiger partial charge >= 0.3 is 0 Å². The zero-order valence-corrected chi connectivity index (χ0v) is 11.2. The minimum atomic E-state index is -3.03. The van der Waals surface area contributed by atoms with E-state index in [0.29, 0.717) is 12.0 Å². The smallest absolute Gasteiger partial charge is 0.154 e. The van der Waals surface area contributed by atoms with Crippen LogP contribution in [0.1, 0.15) is 39.0 Å². The summed E-state index contributed by atoms with van der Waals surface area (Å²) in [6.45, 7) is 2.22. The van der Waals surface area contributed by atoms with Crippen molar-refractivity contribution in [3.8, 4) is 0 Å². The van der Waals surface area contributed by atoms with Crippen molar-refractivity contribution in [3.05, 3.63) is 0 Å². The van der Waals surface area contributed by atoms with Gasteiger partial charge in [-0.05, 0) is 18.8 Å². The minimum Gasteiger partial charge on any atom is -0.390 e. The summed E-state index contributed by atoms with van der Waals surface area (Å²) in [4.78, 5) is 0. The van der Waals surface area contributed by atoms with Crippen molar-refractivity contribution in [2.24, 2.45) is 5.92 Å². The van der Waals surface area contributed by atoms with Crippen LogP contribution in [0, 0.1) is 5.92 Å². The highest BCUT2D eigenvalue weighted by Gasteiger charge is 2.38. The van der Waals surface area contributed by atoms with Crippen molar-refractivity contribution < 1.29 is 13.5 Å². The molecule has 4 unspecified atom stereocenters. The number of aliphatic hydroxyl groups excluding tert-OH is 1. The fourth-order valence-corrected chi connectivity index (χ4v) is 4.76. The molecule has 0 spiro atoms. The number of hydrogen-bond donors (Lipinski definition) is 2. The van der Waals surface area contributed by atoms with Gasteiger partial charge in [-0.1, -0.05) is 26.2 Å². The summed E-state index contributed by atoms with van der Waals surface area (Å²) in [6, 6.07) is 0.107. The molecule has 2 rings (SSSR count). The van der Waals surface area contributed by atoms with Crippen LogP contribution in [-0.4, -0.2) is 43.2 Å². The van der Waals surface area contributed by atoms with Gasteiger partial charge < -0.3 is 10.4 Å². The number of nitrogens with one attached hydrogen (secondary N) is 1. The highest BCUT2D eigenvalue weighted by molar-refractivity contribution is 7.91. The molecule has 0 amide bonds. The van der Waals surface area contributed by atoms with Gasteiger partial charge in [-0.3, -0.25) is 0 Å². The Labute approximate surface area is 104 Å². The Kier molecular flexibility index (Phi) is 4.10. The lowest BCUT2D eigenvalue weighted by molar-refractivity contribution is 0.150. The molecule has 100 valence electrons. The van der Waals surface area contributed by atoms with Crippen molar-refractivity contribution in [3.63, 3.8) is 0 Å². The van der Waals surface area contributed by atoms with E-state index in [0.717, 1.165) is 6.42 Å². The Morgan fingerprint density at radius 2 is 1.76 bits per heavy atom. The van der Waals surface area contributed by atoms with Crippen LogP contribution in [0.15, 0.2) is 0 Å². The molecular weight excluding hydrogens is 238 g/mol. The Morgan fingerprint density at radius 3 is 2.41 bits per heavy atom. The number of hydrogen-bond acceptors (Lipinski definition) is 4. The van der Waals surface area contributed by atoms with Gasteiger partial charge in [-0.15, -0.1) is 0 Å². The fourth-order valence-electron chi connectivity index (χ4n) is 3.00. The predicted octanol–water partition coefficient (Wildman–Crippen LogP) is 0.703. The van der Waals surface area contributed by atoms with Crippen LogP contribution in [0.4, 0.5) is 0 Å². The van der Waals surface area contributed by atoms with E-state index in [4.69, 9.17) is 0 Å².